The van der Waals surface area contributed by atoms with Gasteiger partial charge in [-0.3, -0.25) is 19.4 Å². The predicted octanol–water partition coefficient (Wildman–Crippen LogP) is 5.05. The van der Waals surface area contributed by atoms with E-state index < -0.39 is 77.1 Å². The number of hydrogen-bond donors (Lipinski definition) is 1. The van der Waals surface area contributed by atoms with Crippen molar-refractivity contribution < 1.29 is 43.2 Å². The molecule has 3 unspecified atom stereocenters. The third-order valence-electron chi connectivity index (χ3n) is 11.4. The lowest BCUT2D eigenvalue weighted by molar-refractivity contribution is -0.296. The fourth-order valence-electron chi connectivity index (χ4n) is 8.55. The van der Waals surface area contributed by atoms with Gasteiger partial charge in [-0.25, -0.2) is 0 Å². The van der Waals surface area contributed by atoms with Crippen molar-refractivity contribution in [2.75, 3.05) is 27.3 Å². The third kappa shape index (κ3) is 8.88. The first-order chi connectivity index (χ1) is 23.9. The van der Waals surface area contributed by atoms with Crippen molar-refractivity contribution in [1.82, 2.24) is 9.88 Å². The number of nitrogens with zero attached hydrogens (tertiary/aromatic N) is 2. The molecule has 11 nitrogen and oxygen atoms in total. The number of ether oxygens (including phenoxy) is 5. The number of esters is 1. The average molecular weight is 713 g/mol. The second-order valence-corrected chi connectivity index (χ2v) is 15.6. The lowest BCUT2D eigenvalue weighted by Gasteiger charge is -2.47. The van der Waals surface area contributed by atoms with E-state index in [1.165, 1.54) is 0 Å². The number of carbonyl (C=O) groups excluding carboxylic acids is 3. The molecule has 4 rings (SSSR count). The fraction of sp³-hybridized carbons (Fsp3) is 0.700. The van der Waals surface area contributed by atoms with Crippen LogP contribution in [0.15, 0.2) is 42.8 Å². The number of aliphatic hydroxyl groups is 1. The number of rotatable bonds is 8. The van der Waals surface area contributed by atoms with Crippen molar-refractivity contribution >= 4 is 23.6 Å². The number of hydrogen-bond acceptors (Lipinski definition) is 11. The highest BCUT2D eigenvalue weighted by atomic mass is 16.7. The SMILES string of the molecule is C=C1CO[C@]2(C)[C@@H](CC)OC(=O)C(C)C(=O)[C@H](C)[C@@H](O[C@@H]3O[C@H](C)C[C@H](N(C)C)[C@H]3O)[C@](C)(OC/C=C/c3cccnc3)CC(C)C(=O)C(C)[C@H]12. The molecule has 1 aromatic rings. The summed E-state index contributed by atoms with van der Waals surface area (Å²) in [7, 11) is 3.78. The number of ketones is 2. The van der Waals surface area contributed by atoms with Gasteiger partial charge in [0.15, 0.2) is 12.1 Å². The molecule has 3 aliphatic heterocycles. The Morgan fingerprint density at radius 1 is 1.10 bits per heavy atom. The van der Waals surface area contributed by atoms with E-state index in [0.717, 1.165) is 11.1 Å². The van der Waals surface area contributed by atoms with Gasteiger partial charge in [-0.2, -0.15) is 0 Å². The van der Waals surface area contributed by atoms with Crippen LogP contribution >= 0.6 is 0 Å². The van der Waals surface area contributed by atoms with Crippen LogP contribution in [0.4, 0.5) is 0 Å². The highest BCUT2D eigenvalue weighted by Crippen LogP contribution is 2.46. The molecule has 0 radical (unpaired) electrons. The number of aliphatic hydroxyl groups excluding tert-OH is 1. The van der Waals surface area contributed by atoms with E-state index in [4.69, 9.17) is 23.7 Å². The molecule has 1 N–H and O–H groups in total. The van der Waals surface area contributed by atoms with Crippen molar-refractivity contribution in [3.8, 4) is 0 Å². The summed E-state index contributed by atoms with van der Waals surface area (Å²) in [4.78, 5) is 48.7. The predicted molar refractivity (Wildman–Crippen MR) is 193 cm³/mol. The van der Waals surface area contributed by atoms with Crippen LogP contribution in [0.25, 0.3) is 6.08 Å². The Labute approximate surface area is 304 Å². The average Bonchev–Trinajstić information content (AvgIpc) is 3.41. The lowest BCUT2D eigenvalue weighted by atomic mass is 9.69. The number of carbonyl (C=O) groups is 3. The molecule has 284 valence electrons. The Kier molecular flexibility index (Phi) is 13.6. The molecule has 0 aliphatic carbocycles. The van der Waals surface area contributed by atoms with Crippen LogP contribution in [-0.4, -0.2) is 108 Å². The summed E-state index contributed by atoms with van der Waals surface area (Å²) in [6, 6.07) is 3.49. The smallest absolute Gasteiger partial charge is 0.316 e. The first-order valence-corrected chi connectivity index (χ1v) is 18.4. The maximum Gasteiger partial charge on any atom is 0.316 e. The molecular weight excluding hydrogens is 652 g/mol. The second-order valence-electron chi connectivity index (χ2n) is 15.6. The molecule has 0 bridgehead atoms. The zero-order valence-corrected chi connectivity index (χ0v) is 32.2. The van der Waals surface area contributed by atoms with Gasteiger partial charge in [0.1, 0.15) is 29.5 Å². The maximum atomic E-state index is 14.5. The normalized spacial score (nSPS) is 40.4. The van der Waals surface area contributed by atoms with Crippen LogP contribution in [0.3, 0.4) is 0 Å². The van der Waals surface area contributed by atoms with Gasteiger partial charge < -0.3 is 33.7 Å². The molecule has 51 heavy (non-hydrogen) atoms. The zero-order chi connectivity index (χ0) is 37.8. The molecule has 3 fully saturated rings. The van der Waals surface area contributed by atoms with Crippen molar-refractivity contribution in [2.24, 2.45) is 29.6 Å². The molecule has 3 saturated heterocycles. The molecule has 0 amide bonds. The standard InChI is InChI=1S/C40H60N2O9/c1-12-31-40(9)32(24(3)22-48-40)26(5)33(43)23(2)20-39(8,47-18-14-16-29-15-13-17-41-21-29)36(27(6)34(44)28(7)37(46)50-31)51-38-35(45)30(42(10)11)19-25(4)49-38/h13-17,21,23,25-28,30-32,35-36,38,45H,3,12,18-20,22H2,1-2,4-11H3/b16-14+/t23?,25-,26?,27+,28?,30+,31-,32+,35-,36-,38+,39-,40-/m1/s1. The van der Waals surface area contributed by atoms with E-state index in [2.05, 4.69) is 11.6 Å². The molecule has 3 aliphatic rings. The number of Topliss-reactive ketones (excluding diaryl/α,β-unsaturated/α-hetero) is 2. The van der Waals surface area contributed by atoms with Crippen molar-refractivity contribution in [3.05, 3.63) is 48.3 Å². The van der Waals surface area contributed by atoms with Crippen molar-refractivity contribution in [1.29, 1.82) is 0 Å². The van der Waals surface area contributed by atoms with E-state index in [-0.39, 0.29) is 37.6 Å². The van der Waals surface area contributed by atoms with Crippen LogP contribution in [0.1, 0.15) is 80.2 Å². The number of cyclic esters (lactones) is 1. The topological polar surface area (TPSA) is 134 Å². The molecule has 0 saturated carbocycles. The van der Waals surface area contributed by atoms with Crippen LogP contribution in [0.2, 0.25) is 0 Å². The highest BCUT2D eigenvalue weighted by molar-refractivity contribution is 6.00. The maximum absolute atomic E-state index is 14.5. The van der Waals surface area contributed by atoms with E-state index >= 15 is 0 Å². The van der Waals surface area contributed by atoms with E-state index in [9.17, 15) is 19.5 Å². The molecule has 11 heteroatoms. The Morgan fingerprint density at radius 2 is 1.80 bits per heavy atom. The number of pyridine rings is 1. The van der Waals surface area contributed by atoms with Gasteiger partial charge in [0, 0.05) is 42.1 Å². The fourth-order valence-corrected chi connectivity index (χ4v) is 8.55. The Balaban J connectivity index is 1.81. The molecule has 0 aromatic carbocycles. The minimum absolute atomic E-state index is 0.0295. The van der Waals surface area contributed by atoms with Gasteiger partial charge >= 0.3 is 5.97 Å². The largest absolute Gasteiger partial charge is 0.459 e. The summed E-state index contributed by atoms with van der Waals surface area (Å²) < 4.78 is 32.0. The Hall–Kier alpha value is -2.80. The highest BCUT2D eigenvalue weighted by Gasteiger charge is 2.55. The minimum atomic E-state index is -1.27. The van der Waals surface area contributed by atoms with Crippen molar-refractivity contribution in [3.63, 3.8) is 0 Å². The summed E-state index contributed by atoms with van der Waals surface area (Å²) in [5.41, 5.74) is -0.634. The van der Waals surface area contributed by atoms with Gasteiger partial charge in [-0.05, 0) is 78.3 Å². The zero-order valence-electron chi connectivity index (χ0n) is 32.2. The monoisotopic (exact) mass is 712 g/mol. The molecule has 13 atom stereocenters. The van der Waals surface area contributed by atoms with Gasteiger partial charge in [0.2, 0.25) is 0 Å². The Morgan fingerprint density at radius 3 is 2.43 bits per heavy atom. The quantitative estimate of drug-likeness (QED) is 0.221. The summed E-state index contributed by atoms with van der Waals surface area (Å²) in [6.45, 7) is 19.1. The summed E-state index contributed by atoms with van der Waals surface area (Å²) in [5.74, 6) is -4.69. The van der Waals surface area contributed by atoms with Gasteiger partial charge in [-0.1, -0.05) is 52.5 Å². The minimum Gasteiger partial charge on any atom is -0.459 e. The number of aromatic nitrogens is 1. The van der Waals surface area contributed by atoms with Crippen LogP contribution < -0.4 is 0 Å². The number of fused-ring (bicyclic) bond motifs is 1. The van der Waals surface area contributed by atoms with Crippen LogP contribution in [-0.2, 0) is 38.1 Å². The third-order valence-corrected chi connectivity index (χ3v) is 11.4. The number of likely N-dealkylation sites (N-methyl/N-ethyl adjacent to an activating group) is 1. The summed E-state index contributed by atoms with van der Waals surface area (Å²) >= 11 is 0. The van der Waals surface area contributed by atoms with Crippen molar-refractivity contribution in [2.45, 2.75) is 123 Å². The molecule has 4 heterocycles. The van der Waals surface area contributed by atoms with Gasteiger partial charge in [0.05, 0.1) is 31.0 Å². The van der Waals surface area contributed by atoms with E-state index in [1.807, 2.05) is 84.8 Å². The Bertz CT molecular complexity index is 1420. The summed E-state index contributed by atoms with van der Waals surface area (Å²) in [6.07, 6.45) is 4.20. The van der Waals surface area contributed by atoms with Gasteiger partial charge in [0.25, 0.3) is 0 Å². The first-order valence-electron chi connectivity index (χ1n) is 18.4. The first kappa shape index (κ1) is 41.0. The second kappa shape index (κ2) is 16.9. The lowest BCUT2D eigenvalue weighted by Crippen LogP contribution is -2.59. The molecule has 1 aromatic heterocycles. The van der Waals surface area contributed by atoms with Crippen LogP contribution in [0.5, 0.6) is 0 Å². The molecule has 0 spiro atoms. The van der Waals surface area contributed by atoms with E-state index in [0.29, 0.717) is 12.8 Å². The van der Waals surface area contributed by atoms with E-state index in [1.54, 1.807) is 26.2 Å². The molecular formula is C40H60N2O9. The summed E-state index contributed by atoms with van der Waals surface area (Å²) in [5, 5.41) is 11.5. The van der Waals surface area contributed by atoms with Gasteiger partial charge in [-0.15, -0.1) is 0 Å². The van der Waals surface area contributed by atoms with Crippen LogP contribution in [0, 0.1) is 29.6 Å².